The molecule has 0 saturated heterocycles. The third kappa shape index (κ3) is 3.24. The molecule has 6 nitrogen and oxygen atoms in total. The lowest BCUT2D eigenvalue weighted by Gasteiger charge is -2.35. The average molecular weight is 380 g/mol. The van der Waals surface area contributed by atoms with E-state index in [1.54, 1.807) is 0 Å². The Morgan fingerprint density at radius 1 is 1.04 bits per heavy atom. The lowest BCUT2D eigenvalue weighted by atomic mass is 9.80. The monoisotopic (exact) mass is 380 g/mol. The van der Waals surface area contributed by atoms with Crippen LogP contribution < -0.4 is 11.1 Å². The van der Waals surface area contributed by atoms with Crippen molar-refractivity contribution in [2.45, 2.75) is 43.2 Å². The van der Waals surface area contributed by atoms with E-state index >= 15 is 0 Å². The minimum Gasteiger partial charge on any atom is -0.480 e. The number of alkyl carbamates (subject to hydrolysis) is 1. The Morgan fingerprint density at radius 3 is 2.11 bits per heavy atom. The number of hydrogen-bond donors (Lipinski definition) is 3. The molecule has 0 aliphatic heterocycles. The molecule has 2 aliphatic carbocycles. The number of nitrogens with one attached hydrogen (secondary N) is 1. The van der Waals surface area contributed by atoms with Gasteiger partial charge in [0, 0.05) is 12.0 Å². The Morgan fingerprint density at radius 2 is 1.57 bits per heavy atom. The zero-order chi connectivity index (χ0) is 19.7. The molecule has 2 aliphatic rings. The molecule has 0 unspecified atom stereocenters. The quantitative estimate of drug-likeness (QED) is 0.756. The van der Waals surface area contributed by atoms with Crippen LogP contribution in [-0.2, 0) is 9.53 Å². The van der Waals surface area contributed by atoms with Crippen molar-refractivity contribution in [3.8, 4) is 11.1 Å². The molecule has 1 fully saturated rings. The Balaban J connectivity index is 1.47. The molecule has 0 spiro atoms. The largest absolute Gasteiger partial charge is 0.480 e. The zero-order valence-corrected chi connectivity index (χ0v) is 15.6. The summed E-state index contributed by atoms with van der Waals surface area (Å²) in [6.45, 7) is 0.162. The van der Waals surface area contributed by atoms with Crippen molar-refractivity contribution < 1.29 is 19.4 Å². The first-order chi connectivity index (χ1) is 13.5. The van der Waals surface area contributed by atoms with Gasteiger partial charge in [-0.05, 0) is 47.9 Å². The van der Waals surface area contributed by atoms with E-state index in [9.17, 15) is 14.7 Å². The second-order valence-corrected chi connectivity index (χ2v) is 7.68. The van der Waals surface area contributed by atoms with Crippen molar-refractivity contribution in [2.75, 3.05) is 6.61 Å². The number of carboxylic acid groups (broad SMARTS) is 1. The highest BCUT2D eigenvalue weighted by molar-refractivity contribution is 5.84. The van der Waals surface area contributed by atoms with Crippen LogP contribution in [0.2, 0.25) is 0 Å². The fraction of sp³-hybridized carbons (Fsp3) is 0.364. The molecule has 146 valence electrons. The molecule has 0 radical (unpaired) electrons. The van der Waals surface area contributed by atoms with E-state index in [0.29, 0.717) is 25.7 Å². The molecule has 4 rings (SSSR count). The molecule has 0 bridgehead atoms. The van der Waals surface area contributed by atoms with Crippen LogP contribution in [0.25, 0.3) is 11.1 Å². The molecule has 4 N–H and O–H groups in total. The lowest BCUT2D eigenvalue weighted by Crippen LogP contribution is -2.57. The summed E-state index contributed by atoms with van der Waals surface area (Å²) in [5, 5.41) is 12.3. The maximum absolute atomic E-state index is 12.5. The number of amides is 1. The summed E-state index contributed by atoms with van der Waals surface area (Å²) in [6.07, 6.45) is 1.06. The van der Waals surface area contributed by atoms with Crippen LogP contribution in [-0.4, -0.2) is 35.4 Å². The van der Waals surface area contributed by atoms with Crippen LogP contribution in [0.5, 0.6) is 0 Å². The summed E-state index contributed by atoms with van der Waals surface area (Å²) in [4.78, 5) is 24.3. The van der Waals surface area contributed by atoms with E-state index in [2.05, 4.69) is 17.4 Å². The van der Waals surface area contributed by atoms with Crippen molar-refractivity contribution in [1.82, 2.24) is 5.32 Å². The number of aliphatic carboxylic acids is 1. The van der Waals surface area contributed by atoms with Gasteiger partial charge in [-0.25, -0.2) is 9.59 Å². The van der Waals surface area contributed by atoms with E-state index in [0.717, 1.165) is 22.3 Å². The Kier molecular flexibility index (Phi) is 4.81. The van der Waals surface area contributed by atoms with Crippen LogP contribution in [0.4, 0.5) is 4.79 Å². The Labute approximate surface area is 163 Å². The van der Waals surface area contributed by atoms with E-state index in [4.69, 9.17) is 10.5 Å². The van der Waals surface area contributed by atoms with E-state index in [1.165, 1.54) is 0 Å². The van der Waals surface area contributed by atoms with Crippen LogP contribution in [0.1, 0.15) is 42.7 Å². The summed E-state index contributed by atoms with van der Waals surface area (Å²) in [5.74, 6) is -1.09. The van der Waals surface area contributed by atoms with Crippen molar-refractivity contribution in [3.63, 3.8) is 0 Å². The highest BCUT2D eigenvalue weighted by Gasteiger charge is 2.43. The predicted octanol–water partition coefficient (Wildman–Crippen LogP) is 3.25. The van der Waals surface area contributed by atoms with Gasteiger partial charge in [0.05, 0.1) is 0 Å². The number of rotatable bonds is 4. The van der Waals surface area contributed by atoms with Crippen molar-refractivity contribution in [3.05, 3.63) is 59.7 Å². The Hall–Kier alpha value is -2.86. The average Bonchev–Trinajstić information content (AvgIpc) is 3.02. The number of benzene rings is 2. The smallest absolute Gasteiger partial charge is 0.408 e. The third-order valence-electron chi connectivity index (χ3n) is 5.98. The van der Waals surface area contributed by atoms with Gasteiger partial charge in [0.25, 0.3) is 0 Å². The van der Waals surface area contributed by atoms with Crippen LogP contribution in [0.3, 0.4) is 0 Å². The first kappa shape index (κ1) is 18.5. The number of hydrogen-bond acceptors (Lipinski definition) is 4. The minimum atomic E-state index is -1.29. The van der Waals surface area contributed by atoms with Gasteiger partial charge in [-0.1, -0.05) is 48.5 Å². The van der Waals surface area contributed by atoms with Gasteiger partial charge in [0.2, 0.25) is 0 Å². The predicted molar refractivity (Wildman–Crippen MR) is 105 cm³/mol. The number of carboxylic acids is 1. The fourth-order valence-electron chi connectivity index (χ4n) is 4.36. The van der Waals surface area contributed by atoms with Gasteiger partial charge < -0.3 is 20.9 Å². The number of ether oxygens (including phenoxy) is 1. The van der Waals surface area contributed by atoms with E-state index in [-0.39, 0.29) is 18.6 Å². The number of fused-ring (bicyclic) bond motifs is 3. The number of carbonyl (C=O) groups excluding carboxylic acids is 1. The van der Waals surface area contributed by atoms with Crippen LogP contribution in [0.15, 0.2) is 48.5 Å². The molecule has 0 heterocycles. The first-order valence-corrected chi connectivity index (χ1v) is 9.62. The number of carbonyl (C=O) groups is 2. The highest BCUT2D eigenvalue weighted by Crippen LogP contribution is 2.44. The maximum atomic E-state index is 12.5. The standard InChI is InChI=1S/C22H24N2O4/c23-14-9-11-22(12-10-14,20(25)26)24-21(27)28-13-19-17-7-3-1-5-15(17)16-6-2-4-8-18(16)19/h1-8,14,19H,9-13,23H2,(H,24,27)(H,25,26). The third-order valence-corrected chi connectivity index (χ3v) is 5.98. The SMILES string of the molecule is NC1CCC(NC(=O)OCC2c3ccccc3-c3ccccc32)(C(=O)O)CC1. The van der Waals surface area contributed by atoms with Gasteiger partial charge in [0.1, 0.15) is 12.1 Å². The highest BCUT2D eigenvalue weighted by atomic mass is 16.5. The molecule has 28 heavy (non-hydrogen) atoms. The van der Waals surface area contributed by atoms with Gasteiger partial charge in [-0.2, -0.15) is 0 Å². The second-order valence-electron chi connectivity index (χ2n) is 7.68. The minimum absolute atomic E-state index is 0.0169. The topological polar surface area (TPSA) is 102 Å². The van der Waals surface area contributed by atoms with Gasteiger partial charge >= 0.3 is 12.1 Å². The summed E-state index contributed by atoms with van der Waals surface area (Å²) in [5.41, 5.74) is 9.12. The van der Waals surface area contributed by atoms with Gasteiger partial charge in [0.15, 0.2) is 0 Å². The van der Waals surface area contributed by atoms with Crippen LogP contribution >= 0.6 is 0 Å². The van der Waals surface area contributed by atoms with E-state index in [1.807, 2.05) is 36.4 Å². The molecular formula is C22H24N2O4. The van der Waals surface area contributed by atoms with Crippen molar-refractivity contribution >= 4 is 12.1 Å². The lowest BCUT2D eigenvalue weighted by molar-refractivity contribution is -0.146. The summed E-state index contributed by atoms with van der Waals surface area (Å²) in [7, 11) is 0. The molecule has 2 aromatic rings. The van der Waals surface area contributed by atoms with Crippen LogP contribution in [0, 0.1) is 0 Å². The summed E-state index contributed by atoms with van der Waals surface area (Å²) < 4.78 is 5.50. The zero-order valence-electron chi connectivity index (χ0n) is 15.6. The van der Waals surface area contributed by atoms with Gasteiger partial charge in [-0.15, -0.1) is 0 Å². The van der Waals surface area contributed by atoms with Crippen molar-refractivity contribution in [2.24, 2.45) is 5.73 Å². The second kappa shape index (κ2) is 7.28. The maximum Gasteiger partial charge on any atom is 0.408 e. The Bertz CT molecular complexity index is 857. The molecule has 0 aromatic heterocycles. The first-order valence-electron chi connectivity index (χ1n) is 9.62. The summed E-state index contributed by atoms with van der Waals surface area (Å²) >= 11 is 0. The number of nitrogens with two attached hydrogens (primary N) is 1. The molecule has 1 amide bonds. The molecule has 2 aromatic carbocycles. The van der Waals surface area contributed by atoms with Gasteiger partial charge in [-0.3, -0.25) is 0 Å². The molecular weight excluding hydrogens is 356 g/mol. The molecule has 6 heteroatoms. The van der Waals surface area contributed by atoms with E-state index < -0.39 is 17.6 Å². The fourth-order valence-corrected chi connectivity index (χ4v) is 4.36. The molecule has 0 atom stereocenters. The normalized spacial score (nSPS) is 23.5. The van der Waals surface area contributed by atoms with Crippen molar-refractivity contribution in [1.29, 1.82) is 0 Å². The summed E-state index contributed by atoms with van der Waals surface area (Å²) in [6, 6.07) is 16.1. The molecule has 1 saturated carbocycles.